The van der Waals surface area contributed by atoms with Crippen molar-refractivity contribution in [2.45, 2.75) is 128 Å². The van der Waals surface area contributed by atoms with Crippen LogP contribution in [0.1, 0.15) is 126 Å². The second-order valence-electron chi connectivity index (χ2n) is 26.2. The molecule has 4 N–H and O–H groups in total. The Kier molecular flexibility index (Phi) is 20.2. The Morgan fingerprint density at radius 3 is 1.57 bits per heavy atom. The van der Waals surface area contributed by atoms with Gasteiger partial charge in [0.05, 0.1) is 18.1 Å². The molecule has 4 saturated heterocycles. The van der Waals surface area contributed by atoms with Gasteiger partial charge in [-0.3, -0.25) is 4.79 Å². The summed E-state index contributed by atoms with van der Waals surface area (Å²) in [5, 5.41) is 5.88. The molecule has 17 nitrogen and oxygen atoms in total. The Morgan fingerprint density at radius 2 is 1.07 bits per heavy atom. The maximum atomic E-state index is 13.2. The van der Waals surface area contributed by atoms with Gasteiger partial charge in [0.25, 0.3) is 0 Å². The minimum Gasteiger partial charge on any atom is -0.368 e. The topological polar surface area (TPSA) is 188 Å². The van der Waals surface area contributed by atoms with Gasteiger partial charge in [-0.1, -0.05) is 36.0 Å². The van der Waals surface area contributed by atoms with Crippen LogP contribution in [0.4, 0.5) is 29.3 Å². The van der Waals surface area contributed by atoms with Crippen LogP contribution in [0, 0.1) is 0 Å². The molecule has 5 fully saturated rings. The van der Waals surface area contributed by atoms with E-state index in [0.717, 1.165) is 83.2 Å². The van der Waals surface area contributed by atoms with Gasteiger partial charge < -0.3 is 44.4 Å². The first kappa shape index (κ1) is 67.5. The first-order valence-corrected chi connectivity index (χ1v) is 35.9. The first-order valence-electron chi connectivity index (χ1n) is 31.5. The van der Waals surface area contributed by atoms with Crippen LogP contribution in [0.3, 0.4) is 0 Å². The Balaban J connectivity index is 0.000000133. The highest BCUT2D eigenvalue weighted by atomic mass is 35.5. The molecule has 8 heterocycles. The third-order valence-electron chi connectivity index (χ3n) is 19.0. The van der Waals surface area contributed by atoms with Gasteiger partial charge in [-0.25, -0.2) is 21.6 Å². The summed E-state index contributed by atoms with van der Waals surface area (Å²) in [7, 11) is -2.68. The number of urea groups is 1. The Labute approximate surface area is 542 Å². The maximum Gasteiger partial charge on any atom is 0.416 e. The number of amides is 3. The average molecular weight is 1330 g/mol. The second-order valence-corrected chi connectivity index (χ2v) is 31.0. The highest BCUT2D eigenvalue weighted by molar-refractivity contribution is 7.88. The van der Waals surface area contributed by atoms with Crippen molar-refractivity contribution in [3.63, 3.8) is 0 Å². The van der Waals surface area contributed by atoms with Crippen molar-refractivity contribution >= 4 is 110 Å². The zero-order valence-electron chi connectivity index (χ0n) is 53.4. The van der Waals surface area contributed by atoms with Gasteiger partial charge in [-0.05, 0) is 173 Å². The van der Waals surface area contributed by atoms with Crippen LogP contribution in [0.2, 0.25) is 10.0 Å². The quantitative estimate of drug-likeness (QED) is 0.121. The number of halogens is 5. The fraction of sp³-hybridized carbons (Fsp3) is 0.493. The summed E-state index contributed by atoms with van der Waals surface area (Å²) >= 11 is 12.5. The van der Waals surface area contributed by atoms with Gasteiger partial charge in [0.1, 0.15) is 0 Å². The molecule has 4 aliphatic heterocycles. The van der Waals surface area contributed by atoms with E-state index in [2.05, 4.69) is 60.1 Å². The van der Waals surface area contributed by atoms with Crippen molar-refractivity contribution in [2.24, 2.45) is 0 Å². The molecule has 13 rings (SSSR count). The van der Waals surface area contributed by atoms with E-state index < -0.39 is 31.8 Å². The van der Waals surface area contributed by atoms with Crippen molar-refractivity contribution in [3.8, 4) is 0 Å². The smallest absolute Gasteiger partial charge is 0.368 e. The van der Waals surface area contributed by atoms with Gasteiger partial charge in [0.15, 0.2) is 0 Å². The molecule has 1 saturated carbocycles. The van der Waals surface area contributed by atoms with E-state index >= 15 is 0 Å². The molecule has 91 heavy (non-hydrogen) atoms. The number of benzene rings is 4. The van der Waals surface area contributed by atoms with E-state index in [0.29, 0.717) is 67.9 Å². The number of fused-ring (bicyclic) bond motifs is 4. The number of aromatic amines is 4. The molecule has 492 valence electrons. The Bertz CT molecular complexity index is 4110. The zero-order chi connectivity index (χ0) is 65.5. The molecule has 0 spiro atoms. The molecule has 1 unspecified atom stereocenters. The molecule has 8 aromatic rings. The molecule has 5 aliphatic rings. The number of carbonyl (C=O) groups is 2. The molecule has 4 aromatic carbocycles. The van der Waals surface area contributed by atoms with E-state index in [9.17, 15) is 39.6 Å². The predicted molar refractivity (Wildman–Crippen MR) is 362 cm³/mol. The van der Waals surface area contributed by atoms with Gasteiger partial charge in [0, 0.05) is 187 Å². The van der Waals surface area contributed by atoms with Crippen LogP contribution in [-0.4, -0.2) is 175 Å². The number of H-pyrrole nitrogens is 4. The zero-order valence-corrected chi connectivity index (χ0v) is 56.6. The molecule has 1 aliphatic carbocycles. The lowest BCUT2D eigenvalue weighted by atomic mass is 9.77. The number of nitrogens with zero attached hydrogens (tertiary/aromatic N) is 7. The minimum atomic E-state index is -4.37. The van der Waals surface area contributed by atoms with Gasteiger partial charge in [-0.2, -0.15) is 21.8 Å². The van der Waals surface area contributed by atoms with E-state index in [1.165, 1.54) is 84.3 Å². The van der Waals surface area contributed by atoms with Gasteiger partial charge >= 0.3 is 12.2 Å². The summed E-state index contributed by atoms with van der Waals surface area (Å²) in [6.45, 7) is 15.5. The maximum absolute atomic E-state index is 13.2. The summed E-state index contributed by atoms with van der Waals surface area (Å²) in [5.41, 5.74) is 8.55. The van der Waals surface area contributed by atoms with Crippen LogP contribution < -0.4 is 9.80 Å². The number of carbonyl (C=O) groups excluding carboxylic acids is 2. The largest absolute Gasteiger partial charge is 0.416 e. The molecular formula is C67H86Cl2F3N11O6S2. The number of hydrogen-bond donors (Lipinski definition) is 4. The number of nitrogens with one attached hydrogen (secondary N) is 4. The third kappa shape index (κ3) is 15.3. The molecule has 4 aromatic heterocycles. The number of anilines is 2. The van der Waals surface area contributed by atoms with Crippen molar-refractivity contribution in [3.05, 3.63) is 130 Å². The van der Waals surface area contributed by atoms with Crippen molar-refractivity contribution < 1.29 is 39.6 Å². The monoisotopic (exact) mass is 1330 g/mol. The summed E-state index contributed by atoms with van der Waals surface area (Å²) in [4.78, 5) is 46.4. The summed E-state index contributed by atoms with van der Waals surface area (Å²) in [6, 6.07) is 23.0. The molecule has 3 amide bonds. The Hall–Kier alpha value is -6.43. The molecule has 0 radical (unpaired) electrons. The van der Waals surface area contributed by atoms with E-state index in [1.54, 1.807) is 33.8 Å². The van der Waals surface area contributed by atoms with Crippen LogP contribution in [0.25, 0.3) is 43.6 Å². The highest BCUT2D eigenvalue weighted by Gasteiger charge is 2.40. The van der Waals surface area contributed by atoms with Crippen molar-refractivity contribution in [2.75, 3.05) is 95.3 Å². The highest BCUT2D eigenvalue weighted by Crippen LogP contribution is 2.44. The van der Waals surface area contributed by atoms with Gasteiger partial charge in [-0.15, -0.1) is 0 Å². The van der Waals surface area contributed by atoms with E-state index in [-0.39, 0.29) is 35.5 Å². The van der Waals surface area contributed by atoms with E-state index in [4.69, 9.17) is 23.2 Å². The number of alkyl halides is 3. The van der Waals surface area contributed by atoms with Gasteiger partial charge in [0.2, 0.25) is 26.0 Å². The predicted octanol–water partition coefficient (Wildman–Crippen LogP) is 14.0. The van der Waals surface area contributed by atoms with Crippen molar-refractivity contribution in [1.29, 1.82) is 0 Å². The SMILES string of the molecule is CC(=O)N1CCC(c2cc(C(F)(F)F)cc3[nH]ccc23)CC1(C)C.CN(C)C(=O)N1CCC(c2cc(Cl)cc3[nH]ccc23)CC1.CS(=O)(=O)N1CCN(c2cc(C3CCCC3)cc3[nH]ccc23)CC1.C[C@@H]1CN(c2cc(Cl)cc3[nH]ccc23)C[C@H](C)N1S(C)(=O)=O. The number of rotatable bonds is 7. The minimum absolute atomic E-state index is 0.00352. The van der Waals surface area contributed by atoms with Crippen LogP contribution >= 0.6 is 23.2 Å². The van der Waals surface area contributed by atoms with Crippen LogP contribution in [-0.2, 0) is 31.0 Å². The fourth-order valence-electron chi connectivity index (χ4n) is 14.8. The standard InChI is InChI=1S/C18H21F3N2O.C18H25N3O2S.C16H20ClN3O.C15H20ClN3O2S/c1-11(24)23-7-5-12(10-17(23,2)3)15-8-13(18(19,20)21)9-16-14(15)4-6-22-16;1-24(22,23)21-10-8-20(9-11-21)18-13-15(14-4-2-3-5-14)12-17-16(18)6-7-19-17;1-19(2)16(21)20-7-4-11(5-8-20)14-9-12(17)10-15-13(14)3-6-18-15;1-10-8-18(9-11(2)19(10)22(3,20)21)15-7-12(16)6-14-13(15)4-5-17-14/h4,6,8-9,12,22H,5,7,10H2,1-3H3;6-7,12-14,19H,2-5,8-11H2,1H3;3,6,9-11,18H,4-5,7-8H2,1-2H3;4-7,10-11,17H,8-9H2,1-3H3/t;;;10-,11+. The summed E-state index contributed by atoms with van der Waals surface area (Å²) < 4.78 is 90.2. The normalized spacial score (nSPS) is 20.7. The number of aromatic nitrogens is 4. The lowest BCUT2D eigenvalue weighted by molar-refractivity contribution is -0.137. The van der Waals surface area contributed by atoms with E-state index in [1.807, 2.05) is 86.4 Å². The molecule has 0 bridgehead atoms. The number of piperazine rings is 2. The lowest BCUT2D eigenvalue weighted by Gasteiger charge is -2.45. The number of sulfonamides is 2. The number of piperidine rings is 2. The average Bonchev–Trinajstić information content (AvgIpc) is 1.78. The summed E-state index contributed by atoms with van der Waals surface area (Å²) in [5.74, 6) is 1.15. The number of likely N-dealkylation sites (tertiary alicyclic amines) is 2. The molecule has 3 atom stereocenters. The lowest BCUT2D eigenvalue weighted by Crippen LogP contribution is -2.58. The fourth-order valence-corrected chi connectivity index (χ4v) is 17.5. The number of hydrogen-bond acceptors (Lipinski definition) is 8. The summed E-state index contributed by atoms with van der Waals surface area (Å²) in [6.07, 6.45) is 14.2. The van der Waals surface area contributed by atoms with Crippen LogP contribution in [0.5, 0.6) is 0 Å². The molecular weight excluding hydrogens is 1250 g/mol. The first-order chi connectivity index (χ1) is 42.9. The second kappa shape index (κ2) is 27.3. The molecule has 24 heteroatoms. The van der Waals surface area contributed by atoms with Crippen LogP contribution in [0.15, 0.2) is 97.6 Å². The van der Waals surface area contributed by atoms with Crippen molar-refractivity contribution in [1.82, 2.24) is 43.2 Å². The Morgan fingerprint density at radius 1 is 0.582 bits per heavy atom. The third-order valence-corrected chi connectivity index (χ3v) is 22.2.